The lowest BCUT2D eigenvalue weighted by Crippen LogP contribution is -2.54. The van der Waals surface area contributed by atoms with Crippen molar-refractivity contribution in [1.82, 2.24) is 25.4 Å². The van der Waals surface area contributed by atoms with Gasteiger partial charge in [0.1, 0.15) is 34.5 Å². The van der Waals surface area contributed by atoms with E-state index in [1.54, 1.807) is 60.8 Å². The van der Waals surface area contributed by atoms with Crippen LogP contribution in [-0.2, 0) is 19.2 Å². The van der Waals surface area contributed by atoms with Crippen LogP contribution in [0.2, 0.25) is 0 Å². The summed E-state index contributed by atoms with van der Waals surface area (Å²) in [6, 6.07) is 21.6. The lowest BCUT2D eigenvalue weighted by Gasteiger charge is -2.38. The van der Waals surface area contributed by atoms with E-state index in [2.05, 4.69) is 36.1 Å². The van der Waals surface area contributed by atoms with Crippen LogP contribution >= 0.6 is 0 Å². The summed E-state index contributed by atoms with van der Waals surface area (Å²) in [5.74, 6) is -1.39. The summed E-state index contributed by atoms with van der Waals surface area (Å²) in [6.07, 6.45) is 6.48. The standard InChI is InChI=1S/C53H53FN8O9/c1-70-45-28-40-42(55-21-14-44(40)71-37-9-6-35(7-10-37)58-52(69)53(19-20-53)51(68)57-34-4-2-33(54)3-5-34)27-41(45)47(64)56-29-31-15-22-60(23-16-31)30-32-17-24-61(25-18-32)36-8-11-38-39(26-36)50(67)62(49(38)66)43-12-13-46(63)59-48(43)65/h2-11,14,21,26-28,31-32,43H,12-13,15-20,22-25,29-30H2,1H3,(H,56,64)(H,57,68)(H,58,69)(H,59,63,65). The van der Waals surface area contributed by atoms with Crippen molar-refractivity contribution in [3.63, 3.8) is 0 Å². The Balaban J connectivity index is 0.677. The number of benzene rings is 4. The molecule has 0 bridgehead atoms. The molecule has 1 atom stereocenters. The van der Waals surface area contributed by atoms with Gasteiger partial charge in [-0.15, -0.1) is 0 Å². The number of rotatable bonds is 14. The molecule has 0 spiro atoms. The van der Waals surface area contributed by atoms with Gasteiger partial charge in [-0.2, -0.15) is 0 Å². The Morgan fingerprint density at radius 1 is 0.761 bits per heavy atom. The second-order valence-electron chi connectivity index (χ2n) is 19.1. The second kappa shape index (κ2) is 19.6. The monoisotopic (exact) mass is 964 g/mol. The maximum absolute atomic E-state index is 13.6. The fourth-order valence-electron chi connectivity index (χ4n) is 10.1. The molecule has 18 heteroatoms. The number of nitrogens with one attached hydrogen (secondary N) is 4. The van der Waals surface area contributed by atoms with Crippen LogP contribution < -0.4 is 35.6 Å². The number of imide groups is 2. The lowest BCUT2D eigenvalue weighted by atomic mass is 9.92. The number of likely N-dealkylation sites (tertiary alicyclic amines) is 1. The number of aromatic nitrogens is 1. The number of nitrogens with zero attached hydrogens (tertiary/aromatic N) is 4. The third-order valence-electron chi connectivity index (χ3n) is 14.5. The predicted molar refractivity (Wildman–Crippen MR) is 260 cm³/mol. The molecule has 3 saturated heterocycles. The number of hydrogen-bond acceptors (Lipinski definition) is 12. The van der Waals surface area contributed by atoms with E-state index in [0.29, 0.717) is 81.9 Å². The van der Waals surface area contributed by atoms with Gasteiger partial charge in [-0.3, -0.25) is 48.8 Å². The molecule has 1 saturated carbocycles. The van der Waals surface area contributed by atoms with Crippen LogP contribution in [0.25, 0.3) is 10.9 Å². The van der Waals surface area contributed by atoms with Gasteiger partial charge in [0.05, 0.1) is 29.3 Å². The number of halogens is 1. The van der Waals surface area contributed by atoms with Crippen molar-refractivity contribution in [2.24, 2.45) is 17.3 Å². The quantitative estimate of drug-likeness (QED) is 0.0715. The summed E-state index contributed by atoms with van der Waals surface area (Å²) < 4.78 is 25.3. The maximum Gasteiger partial charge on any atom is 0.262 e. The first-order chi connectivity index (χ1) is 34.3. The first-order valence-corrected chi connectivity index (χ1v) is 24.1. The Morgan fingerprint density at radius 2 is 1.42 bits per heavy atom. The number of carbonyl (C=O) groups excluding carboxylic acids is 7. The summed E-state index contributed by atoms with van der Waals surface area (Å²) in [6.45, 7) is 5.03. The molecule has 7 amide bonds. The van der Waals surface area contributed by atoms with Crippen LogP contribution in [0.1, 0.15) is 82.4 Å². The molecule has 5 aromatic rings. The summed E-state index contributed by atoms with van der Waals surface area (Å²) in [5.41, 5.74) is 2.04. The SMILES string of the molecule is COc1cc2c(Oc3ccc(NC(=O)C4(C(=O)Nc5ccc(F)cc5)CC4)cc3)ccnc2cc1C(=O)NCC1CCN(CC2CCN(c3ccc4c(c3)C(=O)N(C3CCC(=O)NC3=O)C4=O)CC2)CC1. The van der Waals surface area contributed by atoms with Gasteiger partial charge in [0.2, 0.25) is 23.6 Å². The topological polar surface area (TPSA) is 209 Å². The average Bonchev–Trinajstić information content (AvgIpc) is 4.16. The van der Waals surface area contributed by atoms with E-state index in [1.165, 1.54) is 31.4 Å². The molecule has 4 N–H and O–H groups in total. The number of anilines is 3. The molecule has 4 aromatic carbocycles. The zero-order chi connectivity index (χ0) is 49.4. The number of hydrogen-bond donors (Lipinski definition) is 4. The van der Waals surface area contributed by atoms with Crippen molar-refractivity contribution in [2.75, 3.05) is 61.9 Å². The molecule has 5 aliphatic rings. The maximum atomic E-state index is 13.6. The van der Waals surface area contributed by atoms with E-state index in [0.717, 1.165) is 69.0 Å². The minimum absolute atomic E-state index is 0.0759. The van der Waals surface area contributed by atoms with Crippen LogP contribution in [0.3, 0.4) is 0 Å². The minimum Gasteiger partial charge on any atom is -0.496 e. The van der Waals surface area contributed by atoms with Crippen LogP contribution in [-0.4, -0.2) is 109 Å². The molecule has 366 valence electrons. The van der Waals surface area contributed by atoms with E-state index in [9.17, 15) is 38.0 Å². The molecular weight excluding hydrogens is 912 g/mol. The highest BCUT2D eigenvalue weighted by Gasteiger charge is 2.56. The number of methoxy groups -OCH3 is 1. The Morgan fingerprint density at radius 3 is 2.08 bits per heavy atom. The number of fused-ring (bicyclic) bond motifs is 2. The van der Waals surface area contributed by atoms with Gasteiger partial charge in [0.15, 0.2) is 0 Å². The summed E-state index contributed by atoms with van der Waals surface area (Å²) in [4.78, 5) is 101. The van der Waals surface area contributed by atoms with Gasteiger partial charge in [-0.1, -0.05) is 0 Å². The summed E-state index contributed by atoms with van der Waals surface area (Å²) >= 11 is 0. The first kappa shape index (κ1) is 47.0. The van der Waals surface area contributed by atoms with Crippen molar-refractivity contribution >= 4 is 69.3 Å². The third kappa shape index (κ3) is 9.76. The molecule has 1 aromatic heterocycles. The van der Waals surface area contributed by atoms with Gasteiger partial charge in [-0.05, 0) is 155 Å². The number of piperidine rings is 3. The lowest BCUT2D eigenvalue weighted by molar-refractivity contribution is -0.136. The van der Waals surface area contributed by atoms with Crippen molar-refractivity contribution in [1.29, 1.82) is 0 Å². The van der Waals surface area contributed by atoms with Crippen molar-refractivity contribution in [3.05, 3.63) is 114 Å². The molecule has 1 unspecified atom stereocenters. The van der Waals surface area contributed by atoms with Crippen LogP contribution in [0.4, 0.5) is 21.5 Å². The molecule has 0 radical (unpaired) electrons. The summed E-state index contributed by atoms with van der Waals surface area (Å²) in [5, 5.41) is 11.6. The minimum atomic E-state index is -1.20. The molecule has 10 rings (SSSR count). The molecule has 71 heavy (non-hydrogen) atoms. The molecule has 4 fully saturated rings. The Kier molecular flexibility index (Phi) is 13.0. The van der Waals surface area contributed by atoms with E-state index >= 15 is 0 Å². The van der Waals surface area contributed by atoms with E-state index in [-0.39, 0.29) is 24.3 Å². The van der Waals surface area contributed by atoms with Crippen LogP contribution in [0.5, 0.6) is 17.2 Å². The normalized spacial score (nSPS) is 19.3. The smallest absolute Gasteiger partial charge is 0.262 e. The number of ether oxygens (including phenoxy) is 2. The van der Waals surface area contributed by atoms with Crippen molar-refractivity contribution < 1.29 is 47.4 Å². The predicted octanol–water partition coefficient (Wildman–Crippen LogP) is 6.29. The highest BCUT2D eigenvalue weighted by atomic mass is 19.1. The van der Waals surface area contributed by atoms with Gasteiger partial charge in [0, 0.05) is 61.2 Å². The first-order valence-electron chi connectivity index (χ1n) is 24.1. The Labute approximate surface area is 408 Å². The number of amides is 7. The van der Waals surface area contributed by atoms with Gasteiger partial charge >= 0.3 is 0 Å². The van der Waals surface area contributed by atoms with Gasteiger partial charge < -0.3 is 35.2 Å². The Bertz CT molecular complexity index is 2950. The molecule has 4 aliphatic heterocycles. The largest absolute Gasteiger partial charge is 0.496 e. The van der Waals surface area contributed by atoms with E-state index in [1.807, 2.05) is 6.07 Å². The van der Waals surface area contributed by atoms with Gasteiger partial charge in [0.25, 0.3) is 17.7 Å². The summed E-state index contributed by atoms with van der Waals surface area (Å²) in [7, 11) is 1.51. The zero-order valence-electron chi connectivity index (χ0n) is 39.1. The zero-order valence-corrected chi connectivity index (χ0v) is 39.1. The molecule has 17 nitrogen and oxygen atoms in total. The molecule has 1 aliphatic carbocycles. The highest BCUT2D eigenvalue weighted by molar-refractivity contribution is 6.24. The van der Waals surface area contributed by atoms with Crippen molar-refractivity contribution in [2.45, 2.75) is 57.4 Å². The van der Waals surface area contributed by atoms with Crippen LogP contribution in [0.15, 0.2) is 91.1 Å². The van der Waals surface area contributed by atoms with Crippen LogP contribution in [0, 0.1) is 23.1 Å². The average molecular weight is 965 g/mol. The number of pyridine rings is 1. The van der Waals surface area contributed by atoms with E-state index < -0.39 is 52.7 Å². The fraction of sp³-hybridized carbons (Fsp3) is 0.358. The second-order valence-corrected chi connectivity index (χ2v) is 19.1. The molecule has 5 heterocycles. The fourth-order valence-corrected chi connectivity index (χ4v) is 10.1. The Hall–Kier alpha value is -7.73. The van der Waals surface area contributed by atoms with E-state index in [4.69, 9.17) is 9.47 Å². The highest BCUT2D eigenvalue weighted by Crippen LogP contribution is 2.48. The third-order valence-corrected chi connectivity index (χ3v) is 14.5. The number of carbonyl (C=O) groups is 7. The molecular formula is C53H53FN8O9. The van der Waals surface area contributed by atoms with Gasteiger partial charge in [-0.25, -0.2) is 4.39 Å². The van der Waals surface area contributed by atoms with Crippen molar-refractivity contribution in [3.8, 4) is 17.2 Å².